The average Bonchev–Trinajstić information content (AvgIpc) is 3.11. The summed E-state index contributed by atoms with van der Waals surface area (Å²) >= 11 is 1.59. The molecule has 2 amide bonds. The van der Waals surface area contributed by atoms with Gasteiger partial charge in [-0.1, -0.05) is 12.1 Å². The highest BCUT2D eigenvalue weighted by Gasteiger charge is 2.21. The summed E-state index contributed by atoms with van der Waals surface area (Å²) in [5.41, 5.74) is 2.06. The maximum atomic E-state index is 12.8. The van der Waals surface area contributed by atoms with Crippen LogP contribution in [0.5, 0.6) is 0 Å². The second kappa shape index (κ2) is 8.18. The summed E-state index contributed by atoms with van der Waals surface area (Å²) in [4.78, 5) is 30.6. The molecule has 0 spiro atoms. The van der Waals surface area contributed by atoms with E-state index in [4.69, 9.17) is 4.74 Å². The average molecular weight is 383 g/mol. The van der Waals surface area contributed by atoms with Crippen molar-refractivity contribution >= 4 is 39.2 Å². The standard InChI is InChI=1S/C20H21N3O3S/c1-4-26-20(25)21-15-11-9-14(10-12-15)19(24)23(3)13(2)18-22-16-7-5-6-8-17(16)27-18/h5-13H,4H2,1-3H3,(H,21,25)/t13-/m1/s1. The number of ether oxygens (including phenoxy) is 1. The Kier molecular flexibility index (Phi) is 5.71. The molecule has 2 aromatic carbocycles. The summed E-state index contributed by atoms with van der Waals surface area (Å²) in [5, 5.41) is 3.50. The van der Waals surface area contributed by atoms with Crippen molar-refractivity contribution in [1.29, 1.82) is 0 Å². The molecule has 0 bridgehead atoms. The number of anilines is 1. The SMILES string of the molecule is CCOC(=O)Nc1ccc(C(=O)N(C)[C@H](C)c2nc3ccccc3s2)cc1. The van der Waals surface area contributed by atoms with E-state index in [-0.39, 0.29) is 11.9 Å². The summed E-state index contributed by atoms with van der Waals surface area (Å²) in [6.45, 7) is 4.01. The highest BCUT2D eigenvalue weighted by molar-refractivity contribution is 7.18. The first kappa shape index (κ1) is 18.8. The molecule has 0 fully saturated rings. The molecule has 6 nitrogen and oxygen atoms in total. The highest BCUT2D eigenvalue weighted by atomic mass is 32.1. The smallest absolute Gasteiger partial charge is 0.411 e. The molecule has 0 aliphatic heterocycles. The van der Waals surface area contributed by atoms with Crippen molar-refractivity contribution in [3.8, 4) is 0 Å². The summed E-state index contributed by atoms with van der Waals surface area (Å²) in [6, 6.07) is 14.5. The molecule has 1 aromatic heterocycles. The number of carbonyl (C=O) groups is 2. The van der Waals surface area contributed by atoms with Gasteiger partial charge in [-0.25, -0.2) is 9.78 Å². The first-order valence-corrected chi connectivity index (χ1v) is 9.47. The van der Waals surface area contributed by atoms with Crippen LogP contribution in [0, 0.1) is 0 Å². The zero-order chi connectivity index (χ0) is 19.4. The number of amides is 2. The molecule has 0 aliphatic rings. The molecule has 1 N–H and O–H groups in total. The lowest BCUT2D eigenvalue weighted by Crippen LogP contribution is -2.29. The van der Waals surface area contributed by atoms with E-state index < -0.39 is 6.09 Å². The van der Waals surface area contributed by atoms with Gasteiger partial charge in [0.25, 0.3) is 5.91 Å². The normalized spacial score (nSPS) is 11.8. The first-order valence-electron chi connectivity index (χ1n) is 8.66. The highest BCUT2D eigenvalue weighted by Crippen LogP contribution is 2.29. The summed E-state index contributed by atoms with van der Waals surface area (Å²) in [7, 11) is 1.77. The Morgan fingerprint density at radius 2 is 1.89 bits per heavy atom. The summed E-state index contributed by atoms with van der Waals surface area (Å²) < 4.78 is 5.94. The molecule has 1 atom stereocenters. The molecule has 0 saturated carbocycles. The number of nitrogens with one attached hydrogen (secondary N) is 1. The van der Waals surface area contributed by atoms with Crippen LogP contribution >= 0.6 is 11.3 Å². The fourth-order valence-corrected chi connectivity index (χ4v) is 3.66. The Hall–Kier alpha value is -2.93. The van der Waals surface area contributed by atoms with E-state index in [1.54, 1.807) is 54.5 Å². The third-order valence-electron chi connectivity index (χ3n) is 4.22. The number of carbonyl (C=O) groups excluding carboxylic acids is 2. The fourth-order valence-electron chi connectivity index (χ4n) is 2.60. The molecule has 3 rings (SSSR count). The van der Waals surface area contributed by atoms with Crippen molar-refractivity contribution < 1.29 is 14.3 Å². The van der Waals surface area contributed by atoms with Gasteiger partial charge in [-0.3, -0.25) is 10.1 Å². The van der Waals surface area contributed by atoms with E-state index in [9.17, 15) is 9.59 Å². The second-order valence-electron chi connectivity index (χ2n) is 6.03. The molecule has 0 radical (unpaired) electrons. The summed E-state index contributed by atoms with van der Waals surface area (Å²) in [5.74, 6) is -0.107. The minimum absolute atomic E-state index is 0.107. The zero-order valence-electron chi connectivity index (χ0n) is 15.4. The van der Waals surface area contributed by atoms with Crippen LogP contribution in [0.25, 0.3) is 10.2 Å². The number of nitrogens with zero attached hydrogens (tertiary/aromatic N) is 2. The Morgan fingerprint density at radius 3 is 2.56 bits per heavy atom. The van der Waals surface area contributed by atoms with Crippen LogP contribution < -0.4 is 5.32 Å². The molecule has 0 unspecified atom stereocenters. The lowest BCUT2D eigenvalue weighted by molar-refractivity contribution is 0.0742. The van der Waals surface area contributed by atoms with E-state index in [0.717, 1.165) is 15.2 Å². The molecule has 0 saturated heterocycles. The van der Waals surface area contributed by atoms with Crippen molar-refractivity contribution in [2.75, 3.05) is 19.0 Å². The fraction of sp³-hybridized carbons (Fsp3) is 0.250. The number of aromatic nitrogens is 1. The molecular weight excluding hydrogens is 362 g/mol. The van der Waals surface area contributed by atoms with E-state index in [0.29, 0.717) is 17.9 Å². The Bertz CT molecular complexity index is 920. The lowest BCUT2D eigenvalue weighted by Gasteiger charge is -2.23. The molecule has 27 heavy (non-hydrogen) atoms. The maximum Gasteiger partial charge on any atom is 0.411 e. The number of fused-ring (bicyclic) bond motifs is 1. The third kappa shape index (κ3) is 4.25. The van der Waals surface area contributed by atoms with Crippen LogP contribution in [-0.4, -0.2) is 35.5 Å². The third-order valence-corrected chi connectivity index (χ3v) is 5.43. The van der Waals surface area contributed by atoms with Gasteiger partial charge in [0.1, 0.15) is 5.01 Å². The van der Waals surface area contributed by atoms with Gasteiger partial charge >= 0.3 is 6.09 Å². The molecule has 7 heteroatoms. The molecule has 0 aliphatic carbocycles. The van der Waals surface area contributed by atoms with E-state index in [2.05, 4.69) is 10.3 Å². The van der Waals surface area contributed by atoms with Crippen LogP contribution in [0.1, 0.15) is 35.3 Å². The van der Waals surface area contributed by atoms with Gasteiger partial charge < -0.3 is 9.64 Å². The molecular formula is C20H21N3O3S. The van der Waals surface area contributed by atoms with Crippen molar-refractivity contribution in [2.45, 2.75) is 19.9 Å². The number of thiazole rings is 1. The van der Waals surface area contributed by atoms with Crippen molar-refractivity contribution in [1.82, 2.24) is 9.88 Å². The second-order valence-corrected chi connectivity index (χ2v) is 7.10. The predicted molar refractivity (Wildman–Crippen MR) is 107 cm³/mol. The zero-order valence-corrected chi connectivity index (χ0v) is 16.2. The molecule has 1 heterocycles. The Balaban J connectivity index is 1.71. The Labute approximate surface area is 161 Å². The lowest BCUT2D eigenvalue weighted by atomic mass is 10.1. The van der Waals surface area contributed by atoms with Crippen LogP contribution in [0.15, 0.2) is 48.5 Å². The monoisotopic (exact) mass is 383 g/mol. The minimum Gasteiger partial charge on any atom is -0.450 e. The van der Waals surface area contributed by atoms with Crippen LogP contribution in [-0.2, 0) is 4.74 Å². The van der Waals surface area contributed by atoms with Gasteiger partial charge in [0, 0.05) is 18.3 Å². The van der Waals surface area contributed by atoms with Crippen molar-refractivity contribution in [3.63, 3.8) is 0 Å². The number of rotatable bonds is 5. The van der Waals surface area contributed by atoms with Gasteiger partial charge in [-0.2, -0.15) is 0 Å². The van der Waals surface area contributed by atoms with Crippen molar-refractivity contribution in [3.05, 3.63) is 59.1 Å². The minimum atomic E-state index is -0.516. The van der Waals surface area contributed by atoms with E-state index >= 15 is 0 Å². The van der Waals surface area contributed by atoms with Crippen LogP contribution in [0.3, 0.4) is 0 Å². The van der Waals surface area contributed by atoms with Crippen LogP contribution in [0.4, 0.5) is 10.5 Å². The Morgan fingerprint density at radius 1 is 1.19 bits per heavy atom. The number of hydrogen-bond donors (Lipinski definition) is 1. The van der Waals surface area contributed by atoms with E-state index in [1.165, 1.54) is 0 Å². The maximum absolute atomic E-state index is 12.8. The van der Waals surface area contributed by atoms with Gasteiger partial charge in [-0.15, -0.1) is 11.3 Å². The van der Waals surface area contributed by atoms with Gasteiger partial charge in [-0.05, 0) is 50.2 Å². The molecule has 3 aromatic rings. The summed E-state index contributed by atoms with van der Waals surface area (Å²) in [6.07, 6.45) is -0.516. The van der Waals surface area contributed by atoms with Gasteiger partial charge in [0.05, 0.1) is 22.9 Å². The number of para-hydroxylation sites is 1. The predicted octanol–water partition coefficient (Wildman–Crippen LogP) is 4.70. The molecule has 140 valence electrons. The quantitative estimate of drug-likeness (QED) is 0.693. The number of benzene rings is 2. The van der Waals surface area contributed by atoms with E-state index in [1.807, 2.05) is 31.2 Å². The van der Waals surface area contributed by atoms with Gasteiger partial charge in [0.15, 0.2) is 0 Å². The van der Waals surface area contributed by atoms with Crippen LogP contribution in [0.2, 0.25) is 0 Å². The van der Waals surface area contributed by atoms with Gasteiger partial charge in [0.2, 0.25) is 0 Å². The number of hydrogen-bond acceptors (Lipinski definition) is 5. The largest absolute Gasteiger partial charge is 0.450 e. The van der Waals surface area contributed by atoms with Crippen molar-refractivity contribution in [2.24, 2.45) is 0 Å². The first-order chi connectivity index (χ1) is 13.0. The topological polar surface area (TPSA) is 71.5 Å².